The SMILES string of the molecule is COc1ccc(Cl)cc1CN1CCCNCC1. The van der Waals surface area contributed by atoms with E-state index in [0.29, 0.717) is 0 Å². The molecule has 1 aromatic rings. The minimum Gasteiger partial charge on any atom is -0.496 e. The van der Waals surface area contributed by atoms with Gasteiger partial charge in [-0.05, 0) is 37.7 Å². The molecule has 94 valence electrons. The molecular weight excluding hydrogens is 236 g/mol. The molecule has 1 aliphatic heterocycles. The Bertz CT molecular complexity index is 362. The molecule has 0 spiro atoms. The Labute approximate surface area is 108 Å². The van der Waals surface area contributed by atoms with Crippen molar-refractivity contribution >= 4 is 11.6 Å². The minimum absolute atomic E-state index is 0.772. The minimum atomic E-state index is 0.772. The number of benzene rings is 1. The number of nitrogens with one attached hydrogen (secondary N) is 1. The van der Waals surface area contributed by atoms with E-state index in [1.807, 2.05) is 18.2 Å². The van der Waals surface area contributed by atoms with Crippen LogP contribution >= 0.6 is 11.6 Å². The van der Waals surface area contributed by atoms with Crippen LogP contribution in [-0.4, -0.2) is 38.2 Å². The Morgan fingerprint density at radius 2 is 2.24 bits per heavy atom. The highest BCUT2D eigenvalue weighted by Crippen LogP contribution is 2.24. The number of hydrogen-bond acceptors (Lipinski definition) is 3. The van der Waals surface area contributed by atoms with Gasteiger partial charge in [-0.1, -0.05) is 11.6 Å². The average Bonchev–Trinajstić information content (AvgIpc) is 2.58. The van der Waals surface area contributed by atoms with Crippen LogP contribution in [0.1, 0.15) is 12.0 Å². The molecule has 1 saturated heterocycles. The number of nitrogens with zero attached hydrogens (tertiary/aromatic N) is 1. The van der Waals surface area contributed by atoms with Crippen LogP contribution in [-0.2, 0) is 6.54 Å². The summed E-state index contributed by atoms with van der Waals surface area (Å²) in [4.78, 5) is 2.44. The van der Waals surface area contributed by atoms with E-state index in [2.05, 4.69) is 10.2 Å². The summed E-state index contributed by atoms with van der Waals surface area (Å²) < 4.78 is 5.37. The topological polar surface area (TPSA) is 24.5 Å². The number of ether oxygens (including phenoxy) is 1. The lowest BCUT2D eigenvalue weighted by Crippen LogP contribution is -2.27. The maximum absolute atomic E-state index is 6.04. The fourth-order valence-electron chi connectivity index (χ4n) is 2.17. The van der Waals surface area contributed by atoms with Crippen LogP contribution in [0.15, 0.2) is 18.2 Å². The predicted octanol–water partition coefficient (Wildman–Crippen LogP) is 2.14. The average molecular weight is 255 g/mol. The maximum Gasteiger partial charge on any atom is 0.123 e. The fraction of sp³-hybridized carbons (Fsp3) is 0.538. The van der Waals surface area contributed by atoms with Gasteiger partial charge in [0, 0.05) is 30.2 Å². The monoisotopic (exact) mass is 254 g/mol. The summed E-state index contributed by atoms with van der Waals surface area (Å²) in [6.07, 6.45) is 1.20. The second-order valence-electron chi connectivity index (χ2n) is 4.34. The molecule has 1 aliphatic rings. The van der Waals surface area contributed by atoms with Gasteiger partial charge in [-0.3, -0.25) is 4.90 Å². The summed E-state index contributed by atoms with van der Waals surface area (Å²) in [5, 5.41) is 4.18. The number of halogens is 1. The molecule has 0 radical (unpaired) electrons. The van der Waals surface area contributed by atoms with E-state index in [-0.39, 0.29) is 0 Å². The molecule has 0 unspecified atom stereocenters. The van der Waals surface area contributed by atoms with Crippen LogP contribution in [0.2, 0.25) is 5.02 Å². The molecule has 4 heteroatoms. The molecule has 1 heterocycles. The molecule has 2 rings (SSSR count). The van der Waals surface area contributed by atoms with Gasteiger partial charge in [0.15, 0.2) is 0 Å². The van der Waals surface area contributed by atoms with Crippen LogP contribution in [0.3, 0.4) is 0 Å². The molecule has 0 aromatic heterocycles. The van der Waals surface area contributed by atoms with E-state index in [1.54, 1.807) is 7.11 Å². The third kappa shape index (κ3) is 3.60. The molecular formula is C13H19ClN2O. The van der Waals surface area contributed by atoms with Crippen molar-refractivity contribution in [1.29, 1.82) is 0 Å². The molecule has 1 aromatic carbocycles. The predicted molar refractivity (Wildman–Crippen MR) is 70.8 cm³/mol. The molecule has 1 fully saturated rings. The lowest BCUT2D eigenvalue weighted by molar-refractivity contribution is 0.278. The van der Waals surface area contributed by atoms with E-state index in [0.717, 1.165) is 43.5 Å². The van der Waals surface area contributed by atoms with Gasteiger partial charge in [0.05, 0.1) is 7.11 Å². The smallest absolute Gasteiger partial charge is 0.123 e. The largest absolute Gasteiger partial charge is 0.496 e. The zero-order valence-corrected chi connectivity index (χ0v) is 11.0. The summed E-state index contributed by atoms with van der Waals surface area (Å²) in [7, 11) is 1.71. The normalized spacial score (nSPS) is 17.8. The van der Waals surface area contributed by atoms with Gasteiger partial charge in [0.2, 0.25) is 0 Å². The van der Waals surface area contributed by atoms with E-state index >= 15 is 0 Å². The first-order valence-corrected chi connectivity index (χ1v) is 6.43. The van der Waals surface area contributed by atoms with Crippen LogP contribution in [0, 0.1) is 0 Å². The highest BCUT2D eigenvalue weighted by Gasteiger charge is 2.12. The number of hydrogen-bond donors (Lipinski definition) is 1. The summed E-state index contributed by atoms with van der Waals surface area (Å²) in [5.74, 6) is 0.923. The van der Waals surface area contributed by atoms with E-state index in [9.17, 15) is 0 Å². The van der Waals surface area contributed by atoms with E-state index in [4.69, 9.17) is 16.3 Å². The van der Waals surface area contributed by atoms with Gasteiger partial charge in [0.25, 0.3) is 0 Å². The standard InChI is InChI=1S/C13H19ClN2O/c1-17-13-4-3-12(14)9-11(13)10-16-7-2-5-15-6-8-16/h3-4,9,15H,2,5-8,10H2,1H3. The van der Waals surface area contributed by atoms with Crippen molar-refractivity contribution in [3.05, 3.63) is 28.8 Å². The number of rotatable bonds is 3. The van der Waals surface area contributed by atoms with E-state index < -0.39 is 0 Å². The van der Waals surface area contributed by atoms with Crippen LogP contribution in [0.25, 0.3) is 0 Å². The Balaban J connectivity index is 2.07. The van der Waals surface area contributed by atoms with Crippen molar-refractivity contribution in [2.24, 2.45) is 0 Å². The summed E-state index contributed by atoms with van der Waals surface area (Å²) in [6.45, 7) is 5.29. The molecule has 0 bridgehead atoms. The molecule has 0 amide bonds. The van der Waals surface area contributed by atoms with Gasteiger partial charge >= 0.3 is 0 Å². The van der Waals surface area contributed by atoms with Crippen molar-refractivity contribution in [2.45, 2.75) is 13.0 Å². The van der Waals surface area contributed by atoms with Gasteiger partial charge in [-0.25, -0.2) is 0 Å². The second kappa shape index (κ2) is 6.24. The third-order valence-electron chi connectivity index (χ3n) is 3.07. The molecule has 3 nitrogen and oxygen atoms in total. The van der Waals surface area contributed by atoms with Crippen molar-refractivity contribution in [3.63, 3.8) is 0 Å². The van der Waals surface area contributed by atoms with Crippen LogP contribution < -0.4 is 10.1 Å². The van der Waals surface area contributed by atoms with Crippen LogP contribution in [0.5, 0.6) is 5.75 Å². The van der Waals surface area contributed by atoms with Crippen LogP contribution in [0.4, 0.5) is 0 Å². The Hall–Kier alpha value is -0.770. The molecule has 17 heavy (non-hydrogen) atoms. The molecule has 0 atom stereocenters. The van der Waals surface area contributed by atoms with Crippen molar-refractivity contribution in [3.8, 4) is 5.75 Å². The highest BCUT2D eigenvalue weighted by molar-refractivity contribution is 6.30. The quantitative estimate of drug-likeness (QED) is 0.895. The first-order valence-electron chi connectivity index (χ1n) is 6.05. The van der Waals surface area contributed by atoms with Crippen molar-refractivity contribution in [1.82, 2.24) is 10.2 Å². The number of methoxy groups -OCH3 is 1. The van der Waals surface area contributed by atoms with Gasteiger partial charge < -0.3 is 10.1 Å². The maximum atomic E-state index is 6.04. The zero-order chi connectivity index (χ0) is 12.1. The summed E-state index contributed by atoms with van der Waals surface area (Å²) >= 11 is 6.04. The van der Waals surface area contributed by atoms with Gasteiger partial charge in [-0.2, -0.15) is 0 Å². The third-order valence-corrected chi connectivity index (χ3v) is 3.30. The lowest BCUT2D eigenvalue weighted by Gasteiger charge is -2.20. The fourth-order valence-corrected chi connectivity index (χ4v) is 2.37. The van der Waals surface area contributed by atoms with E-state index in [1.165, 1.54) is 12.0 Å². The van der Waals surface area contributed by atoms with Crippen molar-refractivity contribution in [2.75, 3.05) is 33.3 Å². The first-order chi connectivity index (χ1) is 8.29. The Kier molecular flexibility index (Phi) is 4.66. The zero-order valence-electron chi connectivity index (χ0n) is 10.2. The van der Waals surface area contributed by atoms with Gasteiger partial charge in [0.1, 0.15) is 5.75 Å². The Morgan fingerprint density at radius 1 is 1.35 bits per heavy atom. The lowest BCUT2D eigenvalue weighted by atomic mass is 10.2. The van der Waals surface area contributed by atoms with Gasteiger partial charge in [-0.15, -0.1) is 0 Å². The first kappa shape index (κ1) is 12.7. The van der Waals surface area contributed by atoms with Crippen molar-refractivity contribution < 1.29 is 4.74 Å². The molecule has 0 aliphatic carbocycles. The summed E-state index contributed by atoms with van der Waals surface area (Å²) in [5.41, 5.74) is 1.17. The second-order valence-corrected chi connectivity index (χ2v) is 4.77. The molecule has 0 saturated carbocycles. The summed E-state index contributed by atoms with van der Waals surface area (Å²) in [6, 6.07) is 5.81. The highest BCUT2D eigenvalue weighted by atomic mass is 35.5. The Morgan fingerprint density at radius 3 is 3.06 bits per heavy atom. The molecule has 1 N–H and O–H groups in total.